The van der Waals surface area contributed by atoms with Crippen molar-refractivity contribution in [3.05, 3.63) is 81.5 Å². The Labute approximate surface area is 178 Å². The van der Waals surface area contributed by atoms with E-state index in [1.165, 1.54) is 0 Å². The summed E-state index contributed by atoms with van der Waals surface area (Å²) in [7, 11) is 0. The molecule has 146 valence electrons. The van der Waals surface area contributed by atoms with Crippen LogP contribution in [-0.4, -0.2) is 10.9 Å². The summed E-state index contributed by atoms with van der Waals surface area (Å²) in [6.07, 6.45) is 1.17. The van der Waals surface area contributed by atoms with Crippen LogP contribution in [0.1, 0.15) is 43.7 Å². The van der Waals surface area contributed by atoms with E-state index < -0.39 is 0 Å². The molecule has 29 heavy (non-hydrogen) atoms. The fraction of sp³-hybridized carbons (Fsp3) is 0.240. The van der Waals surface area contributed by atoms with E-state index >= 15 is 0 Å². The van der Waals surface area contributed by atoms with Crippen molar-refractivity contribution in [1.29, 1.82) is 0 Å². The standard InChI is InChI=1S/C25H21BrO3/c1-25(2)12-19(28)24-21(13-25)29-20-10-7-14-5-3-4-6-16(14)22(20)23(24)17-11-15(26)8-9-18(17)27/h3-11,23,27H,12-13H2,1-2H3. The van der Waals surface area contributed by atoms with Gasteiger partial charge in [-0.05, 0) is 40.5 Å². The van der Waals surface area contributed by atoms with E-state index in [0.29, 0.717) is 18.4 Å². The SMILES string of the molecule is CC1(C)CC(=O)C2=C(C1)Oc1ccc3ccccc3c1C2c1cc(Br)ccc1O. The highest BCUT2D eigenvalue weighted by Crippen LogP contribution is 2.53. The molecule has 1 N–H and O–H groups in total. The molecule has 1 atom stereocenters. The number of benzene rings is 3. The molecule has 0 bridgehead atoms. The lowest BCUT2D eigenvalue weighted by Crippen LogP contribution is -2.33. The van der Waals surface area contributed by atoms with Gasteiger partial charge in [-0.2, -0.15) is 0 Å². The average Bonchev–Trinajstić information content (AvgIpc) is 2.67. The Morgan fingerprint density at radius 3 is 2.69 bits per heavy atom. The smallest absolute Gasteiger partial charge is 0.163 e. The van der Waals surface area contributed by atoms with Crippen LogP contribution in [0.25, 0.3) is 10.8 Å². The van der Waals surface area contributed by atoms with Crippen LogP contribution in [0.2, 0.25) is 0 Å². The predicted molar refractivity (Wildman–Crippen MR) is 117 cm³/mol. The molecule has 0 amide bonds. The Morgan fingerprint density at radius 2 is 1.86 bits per heavy atom. The molecule has 0 saturated carbocycles. The summed E-state index contributed by atoms with van der Waals surface area (Å²) in [4.78, 5) is 13.3. The van der Waals surface area contributed by atoms with E-state index in [-0.39, 0.29) is 22.9 Å². The minimum absolute atomic E-state index is 0.0965. The van der Waals surface area contributed by atoms with Crippen LogP contribution in [0.15, 0.2) is 70.4 Å². The second kappa shape index (κ2) is 6.46. The highest BCUT2D eigenvalue weighted by Gasteiger charge is 2.43. The van der Waals surface area contributed by atoms with Gasteiger partial charge in [0.05, 0.1) is 0 Å². The van der Waals surface area contributed by atoms with Gasteiger partial charge in [0.2, 0.25) is 0 Å². The quantitative estimate of drug-likeness (QED) is 0.463. The first kappa shape index (κ1) is 18.4. The summed E-state index contributed by atoms with van der Waals surface area (Å²) in [5, 5.41) is 12.9. The zero-order valence-electron chi connectivity index (χ0n) is 16.3. The van der Waals surface area contributed by atoms with Gasteiger partial charge in [-0.3, -0.25) is 4.79 Å². The maximum absolute atomic E-state index is 13.3. The van der Waals surface area contributed by atoms with E-state index in [2.05, 4.69) is 41.9 Å². The molecule has 0 fully saturated rings. The minimum Gasteiger partial charge on any atom is -0.508 e. The number of halogens is 1. The molecule has 5 rings (SSSR count). The van der Waals surface area contributed by atoms with Crippen LogP contribution >= 0.6 is 15.9 Å². The first-order chi connectivity index (χ1) is 13.8. The molecule has 1 heterocycles. The second-order valence-corrected chi connectivity index (χ2v) is 9.63. The zero-order chi connectivity index (χ0) is 20.3. The van der Waals surface area contributed by atoms with E-state index in [1.54, 1.807) is 6.07 Å². The Bertz CT molecular complexity index is 1210. The number of hydrogen-bond donors (Lipinski definition) is 1. The molecule has 0 saturated heterocycles. The van der Waals surface area contributed by atoms with Gasteiger partial charge in [-0.15, -0.1) is 0 Å². The number of hydrogen-bond acceptors (Lipinski definition) is 3. The van der Waals surface area contributed by atoms with Crippen molar-refractivity contribution < 1.29 is 14.6 Å². The third-order valence-electron chi connectivity index (χ3n) is 5.92. The highest BCUT2D eigenvalue weighted by molar-refractivity contribution is 9.10. The Balaban J connectivity index is 1.85. The second-order valence-electron chi connectivity index (χ2n) is 8.71. The number of carbonyl (C=O) groups excluding carboxylic acids is 1. The Morgan fingerprint density at radius 1 is 1.07 bits per heavy atom. The van der Waals surface area contributed by atoms with E-state index in [0.717, 1.165) is 37.9 Å². The number of carbonyl (C=O) groups is 1. The molecule has 3 aromatic rings. The zero-order valence-corrected chi connectivity index (χ0v) is 17.9. The number of rotatable bonds is 1. The van der Waals surface area contributed by atoms with Crippen molar-refractivity contribution in [3.63, 3.8) is 0 Å². The number of allylic oxidation sites excluding steroid dienone is 2. The topological polar surface area (TPSA) is 46.5 Å². The fourth-order valence-electron chi connectivity index (χ4n) is 4.70. The molecular formula is C25H21BrO3. The first-order valence-electron chi connectivity index (χ1n) is 9.78. The number of fused-ring (bicyclic) bond motifs is 3. The van der Waals surface area contributed by atoms with Crippen LogP contribution in [0.3, 0.4) is 0 Å². The minimum atomic E-state index is -0.360. The Kier molecular flexibility index (Phi) is 4.11. The molecule has 1 unspecified atom stereocenters. The van der Waals surface area contributed by atoms with Gasteiger partial charge in [0, 0.05) is 39.9 Å². The summed E-state index contributed by atoms with van der Waals surface area (Å²) in [5.41, 5.74) is 2.21. The van der Waals surface area contributed by atoms with Crippen molar-refractivity contribution in [2.45, 2.75) is 32.6 Å². The van der Waals surface area contributed by atoms with Crippen LogP contribution < -0.4 is 4.74 Å². The molecule has 3 nitrogen and oxygen atoms in total. The van der Waals surface area contributed by atoms with E-state index in [9.17, 15) is 9.90 Å². The highest BCUT2D eigenvalue weighted by atomic mass is 79.9. The van der Waals surface area contributed by atoms with Crippen LogP contribution in [-0.2, 0) is 4.79 Å². The van der Waals surface area contributed by atoms with Crippen molar-refractivity contribution in [1.82, 2.24) is 0 Å². The number of ketones is 1. The van der Waals surface area contributed by atoms with Gasteiger partial charge in [0.15, 0.2) is 5.78 Å². The number of aromatic hydroxyl groups is 1. The molecule has 0 aromatic heterocycles. The van der Waals surface area contributed by atoms with E-state index in [1.807, 2.05) is 36.4 Å². The summed E-state index contributed by atoms with van der Waals surface area (Å²) in [6, 6.07) is 17.5. The number of phenolic OH excluding ortho intramolecular Hbond substituents is 1. The molecule has 0 spiro atoms. The first-order valence-corrected chi connectivity index (χ1v) is 10.6. The van der Waals surface area contributed by atoms with Crippen molar-refractivity contribution >= 4 is 32.5 Å². The molecule has 0 radical (unpaired) electrons. The van der Waals surface area contributed by atoms with Crippen molar-refractivity contribution in [3.8, 4) is 11.5 Å². The maximum Gasteiger partial charge on any atom is 0.163 e. The molecule has 1 aliphatic carbocycles. The lowest BCUT2D eigenvalue weighted by molar-refractivity contribution is -0.118. The largest absolute Gasteiger partial charge is 0.508 e. The van der Waals surface area contributed by atoms with Crippen LogP contribution in [0, 0.1) is 5.41 Å². The number of phenols is 1. The van der Waals surface area contributed by atoms with Crippen molar-refractivity contribution in [2.24, 2.45) is 5.41 Å². The third-order valence-corrected chi connectivity index (χ3v) is 6.41. The van der Waals surface area contributed by atoms with Gasteiger partial charge in [-0.25, -0.2) is 0 Å². The van der Waals surface area contributed by atoms with Crippen LogP contribution in [0.5, 0.6) is 11.5 Å². The molecule has 1 aliphatic heterocycles. The predicted octanol–water partition coefficient (Wildman–Crippen LogP) is 6.48. The monoisotopic (exact) mass is 448 g/mol. The summed E-state index contributed by atoms with van der Waals surface area (Å²) in [6.45, 7) is 4.19. The number of Topliss-reactive ketones (excluding diaryl/α,β-unsaturated/α-hetero) is 1. The summed E-state index contributed by atoms with van der Waals surface area (Å²) < 4.78 is 7.20. The van der Waals surface area contributed by atoms with Crippen LogP contribution in [0.4, 0.5) is 0 Å². The van der Waals surface area contributed by atoms with E-state index in [4.69, 9.17) is 4.74 Å². The lowest BCUT2D eigenvalue weighted by atomic mass is 9.69. The van der Waals surface area contributed by atoms with Gasteiger partial charge in [0.25, 0.3) is 0 Å². The Hall–Kier alpha value is -2.59. The number of ether oxygens (including phenoxy) is 1. The van der Waals surface area contributed by atoms with Gasteiger partial charge < -0.3 is 9.84 Å². The molecule has 3 aromatic carbocycles. The average molecular weight is 449 g/mol. The normalized spacial score (nSPS) is 20.2. The molecule has 4 heteroatoms. The third kappa shape index (κ3) is 2.98. The van der Waals surface area contributed by atoms with Gasteiger partial charge in [0.1, 0.15) is 17.3 Å². The van der Waals surface area contributed by atoms with Gasteiger partial charge in [-0.1, -0.05) is 60.1 Å². The van der Waals surface area contributed by atoms with Crippen molar-refractivity contribution in [2.75, 3.05) is 0 Å². The lowest BCUT2D eigenvalue weighted by Gasteiger charge is -2.39. The molecule has 2 aliphatic rings. The summed E-state index contributed by atoms with van der Waals surface area (Å²) >= 11 is 3.53. The van der Waals surface area contributed by atoms with Gasteiger partial charge >= 0.3 is 0 Å². The fourth-order valence-corrected chi connectivity index (χ4v) is 5.08. The molecular weight excluding hydrogens is 428 g/mol. The maximum atomic E-state index is 13.3. The summed E-state index contributed by atoms with van der Waals surface area (Å²) in [5.74, 6) is 1.42.